The zero-order chi connectivity index (χ0) is 17.2. The van der Waals surface area contributed by atoms with Crippen LogP contribution in [-0.4, -0.2) is 20.9 Å². The zero-order valence-electron chi connectivity index (χ0n) is 13.6. The largest absolute Gasteiger partial charge is 0.338 e. The molecule has 2 aromatic carbocycles. The van der Waals surface area contributed by atoms with Gasteiger partial charge in [-0.1, -0.05) is 24.3 Å². The highest BCUT2D eigenvalue weighted by atomic mass is 32.1. The monoisotopic (exact) mass is 348 g/mol. The van der Waals surface area contributed by atoms with Crippen molar-refractivity contribution in [1.82, 2.24) is 15.0 Å². The fourth-order valence-electron chi connectivity index (χ4n) is 2.73. The molecule has 0 spiro atoms. The number of para-hydroxylation sites is 3. The van der Waals surface area contributed by atoms with Crippen LogP contribution in [0.15, 0.2) is 53.9 Å². The molecular weight excluding hydrogens is 332 g/mol. The second-order valence-electron chi connectivity index (χ2n) is 5.73. The van der Waals surface area contributed by atoms with Gasteiger partial charge in [-0.2, -0.15) is 0 Å². The van der Waals surface area contributed by atoms with Gasteiger partial charge in [0, 0.05) is 10.9 Å². The molecule has 0 atom stereocenters. The number of nitrogens with zero attached hydrogens (tertiary/aromatic N) is 2. The molecule has 2 N–H and O–H groups in total. The third-order valence-electron chi connectivity index (χ3n) is 3.85. The lowest BCUT2D eigenvalue weighted by Crippen LogP contribution is -2.15. The number of H-pyrrole nitrogens is 1. The summed E-state index contributed by atoms with van der Waals surface area (Å²) in [6.45, 7) is 1.93. The van der Waals surface area contributed by atoms with E-state index in [1.165, 1.54) is 0 Å². The van der Waals surface area contributed by atoms with Crippen molar-refractivity contribution in [3.8, 4) is 11.4 Å². The standard InChI is InChI=1S/C19H16N4OS/c1-12-20-13(11-25-12)10-18(24)21-15-7-3-2-6-14(15)19-22-16-8-4-5-9-17(16)23-19/h2-9,11H,10H2,1H3,(H,21,24)(H,22,23). The molecule has 0 fully saturated rings. The van der Waals surface area contributed by atoms with E-state index in [0.29, 0.717) is 0 Å². The molecule has 0 unspecified atom stereocenters. The second kappa shape index (κ2) is 6.49. The smallest absolute Gasteiger partial charge is 0.230 e. The lowest BCUT2D eigenvalue weighted by atomic mass is 10.1. The summed E-state index contributed by atoms with van der Waals surface area (Å²) in [4.78, 5) is 24.6. The third-order valence-corrected chi connectivity index (χ3v) is 4.68. The Morgan fingerprint density at radius 3 is 2.72 bits per heavy atom. The van der Waals surface area contributed by atoms with E-state index in [1.807, 2.05) is 60.8 Å². The molecule has 0 saturated carbocycles. The van der Waals surface area contributed by atoms with Gasteiger partial charge < -0.3 is 10.3 Å². The first-order valence-corrected chi connectivity index (χ1v) is 8.82. The summed E-state index contributed by atoms with van der Waals surface area (Å²) in [6.07, 6.45) is 0.263. The number of benzene rings is 2. The van der Waals surface area contributed by atoms with E-state index in [-0.39, 0.29) is 12.3 Å². The van der Waals surface area contributed by atoms with Gasteiger partial charge in [0.25, 0.3) is 0 Å². The van der Waals surface area contributed by atoms with Crippen LogP contribution in [0.1, 0.15) is 10.7 Å². The number of aryl methyl sites for hydroxylation is 1. The number of nitrogens with one attached hydrogen (secondary N) is 2. The summed E-state index contributed by atoms with van der Waals surface area (Å²) in [5.41, 5.74) is 4.26. The summed E-state index contributed by atoms with van der Waals surface area (Å²) in [6, 6.07) is 15.5. The molecule has 2 aromatic heterocycles. The maximum Gasteiger partial charge on any atom is 0.230 e. The van der Waals surface area contributed by atoms with Crippen molar-refractivity contribution >= 4 is 34.0 Å². The highest BCUT2D eigenvalue weighted by molar-refractivity contribution is 7.09. The Kier molecular flexibility index (Phi) is 4.03. The summed E-state index contributed by atoms with van der Waals surface area (Å²) in [5.74, 6) is 0.649. The van der Waals surface area contributed by atoms with Crippen LogP contribution in [0.2, 0.25) is 0 Å². The highest BCUT2D eigenvalue weighted by Crippen LogP contribution is 2.27. The maximum absolute atomic E-state index is 12.4. The predicted molar refractivity (Wildman–Crippen MR) is 101 cm³/mol. The molecule has 0 aliphatic heterocycles. The van der Waals surface area contributed by atoms with E-state index in [4.69, 9.17) is 0 Å². The van der Waals surface area contributed by atoms with Gasteiger partial charge in [0.05, 0.1) is 33.8 Å². The minimum atomic E-state index is -0.0890. The van der Waals surface area contributed by atoms with Gasteiger partial charge in [-0.25, -0.2) is 9.97 Å². The van der Waals surface area contributed by atoms with Crippen LogP contribution in [0.4, 0.5) is 5.69 Å². The SMILES string of the molecule is Cc1nc(CC(=O)Nc2ccccc2-c2nc3ccccc3[nH]2)cs1. The number of carbonyl (C=O) groups excluding carboxylic acids is 1. The predicted octanol–water partition coefficient (Wildman–Crippen LogP) is 4.18. The number of fused-ring (bicyclic) bond motifs is 1. The number of aromatic amines is 1. The van der Waals surface area contributed by atoms with Crippen molar-refractivity contribution in [2.24, 2.45) is 0 Å². The fourth-order valence-corrected chi connectivity index (χ4v) is 3.34. The van der Waals surface area contributed by atoms with Gasteiger partial charge >= 0.3 is 0 Å². The molecule has 25 heavy (non-hydrogen) atoms. The Hall–Kier alpha value is -2.99. The molecule has 1 amide bonds. The molecule has 5 nitrogen and oxygen atoms in total. The topological polar surface area (TPSA) is 70.7 Å². The minimum absolute atomic E-state index is 0.0890. The lowest BCUT2D eigenvalue weighted by molar-refractivity contribution is -0.115. The molecule has 124 valence electrons. The number of rotatable bonds is 4. The molecule has 0 aliphatic carbocycles. The lowest BCUT2D eigenvalue weighted by Gasteiger charge is -2.08. The second-order valence-corrected chi connectivity index (χ2v) is 6.79. The number of imidazole rings is 1. The van der Waals surface area contributed by atoms with Crippen LogP contribution < -0.4 is 5.32 Å². The number of hydrogen-bond acceptors (Lipinski definition) is 4. The Bertz CT molecular complexity index is 1020. The van der Waals surface area contributed by atoms with E-state index in [9.17, 15) is 4.79 Å². The normalized spacial score (nSPS) is 10.9. The van der Waals surface area contributed by atoms with Crippen molar-refractivity contribution in [1.29, 1.82) is 0 Å². The van der Waals surface area contributed by atoms with Crippen LogP contribution in [0.25, 0.3) is 22.4 Å². The first kappa shape index (κ1) is 15.5. The Labute approximate surface area is 148 Å². The first-order chi connectivity index (χ1) is 12.2. The minimum Gasteiger partial charge on any atom is -0.338 e. The summed E-state index contributed by atoms with van der Waals surface area (Å²) >= 11 is 1.55. The van der Waals surface area contributed by atoms with E-state index in [0.717, 1.165) is 38.8 Å². The van der Waals surface area contributed by atoms with Crippen LogP contribution in [0.3, 0.4) is 0 Å². The number of carbonyl (C=O) groups is 1. The van der Waals surface area contributed by atoms with Crippen molar-refractivity contribution < 1.29 is 4.79 Å². The Morgan fingerprint density at radius 2 is 1.92 bits per heavy atom. The molecule has 0 saturated heterocycles. The van der Waals surface area contributed by atoms with Gasteiger partial charge in [-0.15, -0.1) is 11.3 Å². The molecule has 4 aromatic rings. The molecule has 0 bridgehead atoms. The quantitative estimate of drug-likeness (QED) is 0.581. The molecule has 0 radical (unpaired) electrons. The molecule has 6 heteroatoms. The molecule has 0 aliphatic rings. The van der Waals surface area contributed by atoms with Crippen LogP contribution in [-0.2, 0) is 11.2 Å². The van der Waals surface area contributed by atoms with Crippen molar-refractivity contribution in [3.63, 3.8) is 0 Å². The summed E-state index contributed by atoms with van der Waals surface area (Å²) in [5, 5.41) is 5.86. The Morgan fingerprint density at radius 1 is 1.12 bits per heavy atom. The molecule has 2 heterocycles. The van der Waals surface area contributed by atoms with E-state index in [2.05, 4.69) is 20.3 Å². The number of aromatic nitrogens is 3. The van der Waals surface area contributed by atoms with Crippen LogP contribution in [0.5, 0.6) is 0 Å². The van der Waals surface area contributed by atoms with Gasteiger partial charge in [-0.3, -0.25) is 4.79 Å². The number of thiazole rings is 1. The van der Waals surface area contributed by atoms with Gasteiger partial charge in [0.15, 0.2) is 0 Å². The summed E-state index contributed by atoms with van der Waals surface area (Å²) in [7, 11) is 0. The fraction of sp³-hybridized carbons (Fsp3) is 0.105. The average molecular weight is 348 g/mol. The third kappa shape index (κ3) is 3.29. The first-order valence-electron chi connectivity index (χ1n) is 7.94. The van der Waals surface area contributed by atoms with Gasteiger partial charge in [0.2, 0.25) is 5.91 Å². The zero-order valence-corrected chi connectivity index (χ0v) is 14.4. The number of anilines is 1. The maximum atomic E-state index is 12.4. The van der Waals surface area contributed by atoms with Crippen molar-refractivity contribution in [2.75, 3.05) is 5.32 Å². The highest BCUT2D eigenvalue weighted by Gasteiger charge is 2.13. The van der Waals surface area contributed by atoms with Crippen molar-refractivity contribution in [3.05, 3.63) is 64.6 Å². The average Bonchev–Trinajstić information content (AvgIpc) is 3.21. The van der Waals surface area contributed by atoms with E-state index < -0.39 is 0 Å². The molecular formula is C19H16N4OS. The van der Waals surface area contributed by atoms with Crippen molar-refractivity contribution in [2.45, 2.75) is 13.3 Å². The van der Waals surface area contributed by atoms with Gasteiger partial charge in [-0.05, 0) is 31.2 Å². The van der Waals surface area contributed by atoms with Crippen LogP contribution >= 0.6 is 11.3 Å². The Balaban J connectivity index is 1.61. The number of amides is 1. The number of hydrogen-bond donors (Lipinski definition) is 2. The van der Waals surface area contributed by atoms with Gasteiger partial charge in [0.1, 0.15) is 5.82 Å². The molecule has 4 rings (SSSR count). The van der Waals surface area contributed by atoms with Crippen LogP contribution in [0, 0.1) is 6.92 Å². The van der Waals surface area contributed by atoms with E-state index >= 15 is 0 Å². The summed E-state index contributed by atoms with van der Waals surface area (Å²) < 4.78 is 0. The van der Waals surface area contributed by atoms with E-state index in [1.54, 1.807) is 11.3 Å².